The van der Waals surface area contributed by atoms with Gasteiger partial charge in [-0.1, -0.05) is 29.8 Å². The molecule has 0 saturated heterocycles. The van der Waals surface area contributed by atoms with Gasteiger partial charge in [0.2, 0.25) is 0 Å². The summed E-state index contributed by atoms with van der Waals surface area (Å²) in [5, 5.41) is 0.515. The summed E-state index contributed by atoms with van der Waals surface area (Å²) < 4.78 is 9.96. The largest absolute Gasteiger partial charge is 0.497 e. The Morgan fingerprint density at radius 3 is 2.80 bits per heavy atom. The second-order valence-electron chi connectivity index (χ2n) is 3.06. The van der Waals surface area contributed by atoms with Gasteiger partial charge in [0.15, 0.2) is 0 Å². The van der Waals surface area contributed by atoms with Gasteiger partial charge in [0.1, 0.15) is 17.9 Å². The highest BCUT2D eigenvalue weighted by Crippen LogP contribution is 2.31. The Balaban J connectivity index is 2.54. The van der Waals surface area contributed by atoms with Crippen molar-refractivity contribution in [2.75, 3.05) is 13.7 Å². The predicted molar refractivity (Wildman–Crippen MR) is 56.3 cm³/mol. The van der Waals surface area contributed by atoms with E-state index in [1.807, 2.05) is 6.07 Å². The van der Waals surface area contributed by atoms with Crippen molar-refractivity contribution in [3.63, 3.8) is 0 Å². The molecule has 0 unspecified atom stereocenters. The summed E-state index contributed by atoms with van der Waals surface area (Å²) in [7, 11) is 1.51. The SMILES string of the molecule is COC1=C(c2ccccc2Cl)C(=O)OC1. The molecule has 0 atom stereocenters. The first-order valence-electron chi connectivity index (χ1n) is 4.43. The molecule has 78 valence electrons. The molecule has 0 saturated carbocycles. The van der Waals surface area contributed by atoms with Crippen molar-refractivity contribution in [3.05, 3.63) is 40.6 Å². The second-order valence-corrected chi connectivity index (χ2v) is 3.47. The van der Waals surface area contributed by atoms with Crippen LogP contribution in [0.25, 0.3) is 5.57 Å². The van der Waals surface area contributed by atoms with Crippen molar-refractivity contribution in [2.45, 2.75) is 0 Å². The van der Waals surface area contributed by atoms with Crippen LogP contribution in [0.15, 0.2) is 30.0 Å². The maximum Gasteiger partial charge on any atom is 0.342 e. The molecule has 0 amide bonds. The van der Waals surface area contributed by atoms with E-state index < -0.39 is 0 Å². The lowest BCUT2D eigenvalue weighted by Gasteiger charge is -2.04. The number of methoxy groups -OCH3 is 1. The molecule has 2 rings (SSSR count). The quantitative estimate of drug-likeness (QED) is 0.723. The monoisotopic (exact) mass is 224 g/mol. The maximum absolute atomic E-state index is 11.5. The highest BCUT2D eigenvalue weighted by molar-refractivity contribution is 6.34. The van der Waals surface area contributed by atoms with Crippen LogP contribution >= 0.6 is 11.6 Å². The van der Waals surface area contributed by atoms with E-state index in [4.69, 9.17) is 21.1 Å². The molecular formula is C11H9ClO3. The van der Waals surface area contributed by atoms with E-state index in [1.54, 1.807) is 18.2 Å². The standard InChI is InChI=1S/C11H9ClO3/c1-14-9-6-15-11(13)10(9)7-4-2-3-5-8(7)12/h2-5H,6H2,1H3. The molecule has 4 heteroatoms. The Bertz CT molecular complexity index is 437. The average molecular weight is 225 g/mol. The van der Waals surface area contributed by atoms with Crippen LogP contribution in [0.5, 0.6) is 0 Å². The van der Waals surface area contributed by atoms with Crippen LogP contribution in [0.4, 0.5) is 0 Å². The van der Waals surface area contributed by atoms with E-state index >= 15 is 0 Å². The number of hydrogen-bond acceptors (Lipinski definition) is 3. The van der Waals surface area contributed by atoms with Crippen LogP contribution < -0.4 is 0 Å². The third-order valence-corrected chi connectivity index (χ3v) is 2.54. The average Bonchev–Trinajstić information content (AvgIpc) is 2.60. The van der Waals surface area contributed by atoms with Gasteiger partial charge in [-0.2, -0.15) is 0 Å². The predicted octanol–water partition coefficient (Wildman–Crippen LogP) is 2.25. The summed E-state index contributed by atoms with van der Waals surface area (Å²) in [6.45, 7) is 0.176. The van der Waals surface area contributed by atoms with Crippen molar-refractivity contribution in [1.29, 1.82) is 0 Å². The van der Waals surface area contributed by atoms with E-state index in [0.29, 0.717) is 21.9 Å². The third kappa shape index (κ3) is 1.70. The zero-order valence-corrected chi connectivity index (χ0v) is 8.88. The Morgan fingerprint density at radius 1 is 1.40 bits per heavy atom. The summed E-state index contributed by atoms with van der Waals surface area (Å²) in [6, 6.07) is 7.11. The number of esters is 1. The smallest absolute Gasteiger partial charge is 0.342 e. The molecule has 1 aromatic rings. The number of benzene rings is 1. The van der Waals surface area contributed by atoms with Gasteiger partial charge in [-0.05, 0) is 6.07 Å². The number of ether oxygens (including phenoxy) is 2. The van der Waals surface area contributed by atoms with Gasteiger partial charge in [-0.25, -0.2) is 4.79 Å². The van der Waals surface area contributed by atoms with Crippen LogP contribution in [-0.2, 0) is 14.3 Å². The van der Waals surface area contributed by atoms with Crippen molar-refractivity contribution < 1.29 is 14.3 Å². The molecule has 0 radical (unpaired) electrons. The van der Waals surface area contributed by atoms with Crippen LogP contribution in [-0.4, -0.2) is 19.7 Å². The van der Waals surface area contributed by atoms with Crippen LogP contribution in [0.1, 0.15) is 5.56 Å². The first kappa shape index (κ1) is 10.1. The highest BCUT2D eigenvalue weighted by atomic mass is 35.5. The van der Waals surface area contributed by atoms with Crippen molar-refractivity contribution >= 4 is 23.1 Å². The van der Waals surface area contributed by atoms with E-state index in [1.165, 1.54) is 7.11 Å². The number of carbonyl (C=O) groups excluding carboxylic acids is 1. The Hall–Kier alpha value is -1.48. The third-order valence-electron chi connectivity index (χ3n) is 2.21. The van der Waals surface area contributed by atoms with Crippen LogP contribution in [0.3, 0.4) is 0 Å². The number of rotatable bonds is 2. The first-order chi connectivity index (χ1) is 7.24. The fourth-order valence-corrected chi connectivity index (χ4v) is 1.70. The van der Waals surface area contributed by atoms with Gasteiger partial charge in [0.05, 0.1) is 7.11 Å². The minimum Gasteiger partial charge on any atom is -0.497 e. The Labute approximate surface area is 92.3 Å². The minimum atomic E-state index is -0.389. The van der Waals surface area contributed by atoms with Gasteiger partial charge >= 0.3 is 5.97 Å². The zero-order chi connectivity index (χ0) is 10.8. The van der Waals surface area contributed by atoms with E-state index in [9.17, 15) is 4.79 Å². The molecule has 0 fully saturated rings. The molecule has 1 heterocycles. The van der Waals surface area contributed by atoms with E-state index in [0.717, 1.165) is 0 Å². The molecule has 1 aromatic carbocycles. The molecule has 0 N–H and O–H groups in total. The van der Waals surface area contributed by atoms with Crippen molar-refractivity contribution in [1.82, 2.24) is 0 Å². The van der Waals surface area contributed by atoms with E-state index in [2.05, 4.69) is 0 Å². The van der Waals surface area contributed by atoms with Gasteiger partial charge in [0, 0.05) is 10.6 Å². The number of halogens is 1. The highest BCUT2D eigenvalue weighted by Gasteiger charge is 2.28. The summed E-state index contributed by atoms with van der Waals surface area (Å²) in [6.07, 6.45) is 0. The second kappa shape index (κ2) is 3.95. The first-order valence-corrected chi connectivity index (χ1v) is 4.81. The van der Waals surface area contributed by atoms with E-state index in [-0.39, 0.29) is 12.6 Å². The lowest BCUT2D eigenvalue weighted by atomic mass is 10.1. The summed E-state index contributed by atoms with van der Waals surface area (Å²) in [4.78, 5) is 11.5. The van der Waals surface area contributed by atoms with Gasteiger partial charge in [0.25, 0.3) is 0 Å². The lowest BCUT2D eigenvalue weighted by molar-refractivity contribution is -0.134. The molecule has 0 spiro atoms. The number of cyclic esters (lactones) is 1. The molecule has 0 bridgehead atoms. The fourth-order valence-electron chi connectivity index (χ4n) is 1.47. The fraction of sp³-hybridized carbons (Fsp3) is 0.182. The normalized spacial score (nSPS) is 15.5. The molecule has 15 heavy (non-hydrogen) atoms. The van der Waals surface area contributed by atoms with Crippen molar-refractivity contribution in [2.24, 2.45) is 0 Å². The van der Waals surface area contributed by atoms with Gasteiger partial charge < -0.3 is 9.47 Å². The Kier molecular flexibility index (Phi) is 2.64. The number of carbonyl (C=O) groups is 1. The molecule has 0 aliphatic carbocycles. The zero-order valence-electron chi connectivity index (χ0n) is 8.12. The van der Waals surface area contributed by atoms with Crippen LogP contribution in [0.2, 0.25) is 5.02 Å². The summed E-state index contributed by atoms with van der Waals surface area (Å²) >= 11 is 5.99. The molecule has 0 aromatic heterocycles. The lowest BCUT2D eigenvalue weighted by Crippen LogP contribution is -1.99. The molecule has 1 aliphatic rings. The topological polar surface area (TPSA) is 35.5 Å². The molecule has 3 nitrogen and oxygen atoms in total. The van der Waals surface area contributed by atoms with Crippen LogP contribution in [0, 0.1) is 0 Å². The maximum atomic E-state index is 11.5. The Morgan fingerprint density at radius 2 is 2.13 bits per heavy atom. The summed E-state index contributed by atoms with van der Waals surface area (Å²) in [5.74, 6) is 0.132. The molecular weight excluding hydrogens is 216 g/mol. The minimum absolute atomic E-state index is 0.176. The molecule has 1 aliphatic heterocycles. The van der Waals surface area contributed by atoms with Crippen molar-refractivity contribution in [3.8, 4) is 0 Å². The van der Waals surface area contributed by atoms with Gasteiger partial charge in [-0.3, -0.25) is 0 Å². The van der Waals surface area contributed by atoms with Gasteiger partial charge in [-0.15, -0.1) is 0 Å². The summed E-state index contributed by atoms with van der Waals surface area (Å²) in [5.41, 5.74) is 1.07. The number of hydrogen-bond donors (Lipinski definition) is 0.